The number of benzene rings is 1. The van der Waals surface area contributed by atoms with Crippen molar-refractivity contribution in [3.8, 4) is 11.4 Å². The van der Waals surface area contributed by atoms with Gasteiger partial charge in [0, 0.05) is 59.0 Å². The summed E-state index contributed by atoms with van der Waals surface area (Å²) in [5.41, 5.74) is 2.49. The molecule has 29 heavy (non-hydrogen) atoms. The molecule has 0 aliphatic carbocycles. The first-order valence-corrected chi connectivity index (χ1v) is 9.45. The number of nitrogens with zero attached hydrogens (tertiary/aromatic N) is 5. The minimum atomic E-state index is -0.402. The number of halogens is 2. The number of aryl methyl sites for hydroxylation is 2. The van der Waals surface area contributed by atoms with E-state index >= 15 is 0 Å². The van der Waals surface area contributed by atoms with Crippen LogP contribution in [0.1, 0.15) is 16.2 Å². The number of ketones is 1. The summed E-state index contributed by atoms with van der Waals surface area (Å²) in [6, 6.07) is 6.31. The maximum Gasteiger partial charge on any atom is 0.299 e. The highest BCUT2D eigenvalue weighted by atomic mass is 79.9. The average molecular weight is 454 g/mol. The maximum absolute atomic E-state index is 13.7. The number of hydrogen-bond acceptors (Lipinski definition) is 5. The number of pyridine rings is 1. The van der Waals surface area contributed by atoms with Gasteiger partial charge in [0.25, 0.3) is 11.7 Å². The van der Waals surface area contributed by atoms with Gasteiger partial charge in [-0.05, 0) is 40.2 Å². The minimum absolute atomic E-state index is 0.138. The van der Waals surface area contributed by atoms with E-state index in [0.717, 1.165) is 9.99 Å². The quantitative estimate of drug-likeness (QED) is 0.381. The second kappa shape index (κ2) is 6.35. The molecule has 5 rings (SSSR count). The van der Waals surface area contributed by atoms with Crippen LogP contribution >= 0.6 is 15.9 Å². The molecule has 0 N–H and O–H groups in total. The second-order valence-corrected chi connectivity index (χ2v) is 7.66. The van der Waals surface area contributed by atoms with E-state index in [1.807, 2.05) is 24.7 Å². The first-order valence-electron chi connectivity index (χ1n) is 8.66. The van der Waals surface area contributed by atoms with Gasteiger partial charge < -0.3 is 13.7 Å². The standard InChI is InChI=1S/C20H13BrFN5O2/c1-26-9-15(12-6-11(22)3-4-16(12)26)18-24-20(29-25-18)17(28)14-8-27(2)19-13(14)5-10(21)7-23-19/h3-9H,1-2H3. The lowest BCUT2D eigenvalue weighted by Crippen LogP contribution is -2.01. The molecule has 0 unspecified atom stereocenters. The highest BCUT2D eigenvalue weighted by molar-refractivity contribution is 9.10. The molecule has 144 valence electrons. The first kappa shape index (κ1) is 17.7. The van der Waals surface area contributed by atoms with Crippen molar-refractivity contribution < 1.29 is 13.7 Å². The predicted octanol–water partition coefficient (Wildman–Crippen LogP) is 4.25. The van der Waals surface area contributed by atoms with Gasteiger partial charge >= 0.3 is 0 Å². The smallest absolute Gasteiger partial charge is 0.299 e. The predicted molar refractivity (Wildman–Crippen MR) is 108 cm³/mol. The van der Waals surface area contributed by atoms with Crippen LogP contribution in [0.3, 0.4) is 0 Å². The molecule has 0 atom stereocenters. The molecule has 4 heterocycles. The van der Waals surface area contributed by atoms with Gasteiger partial charge in [0.05, 0.1) is 5.56 Å². The Morgan fingerprint density at radius 3 is 2.79 bits per heavy atom. The third-order valence-electron chi connectivity index (χ3n) is 4.84. The normalized spacial score (nSPS) is 11.6. The van der Waals surface area contributed by atoms with Gasteiger partial charge in [0.15, 0.2) is 0 Å². The fourth-order valence-electron chi connectivity index (χ4n) is 3.50. The van der Waals surface area contributed by atoms with Crippen molar-refractivity contribution in [2.45, 2.75) is 0 Å². The van der Waals surface area contributed by atoms with E-state index in [1.54, 1.807) is 29.2 Å². The average Bonchev–Trinajstić information content (AvgIpc) is 3.38. The van der Waals surface area contributed by atoms with Crippen LogP contribution in [0.15, 0.2) is 51.9 Å². The number of hydrogen-bond donors (Lipinski definition) is 0. The fraction of sp³-hybridized carbons (Fsp3) is 0.100. The van der Waals surface area contributed by atoms with Gasteiger partial charge in [0.2, 0.25) is 5.82 Å². The zero-order valence-electron chi connectivity index (χ0n) is 15.3. The summed E-state index contributed by atoms with van der Waals surface area (Å²) in [7, 11) is 3.65. The summed E-state index contributed by atoms with van der Waals surface area (Å²) in [6.45, 7) is 0. The molecule has 0 aliphatic rings. The van der Waals surface area contributed by atoms with Crippen molar-refractivity contribution in [2.24, 2.45) is 14.1 Å². The molecule has 0 aliphatic heterocycles. The van der Waals surface area contributed by atoms with E-state index in [9.17, 15) is 9.18 Å². The molecule has 4 aromatic heterocycles. The largest absolute Gasteiger partial charge is 0.350 e. The highest BCUT2D eigenvalue weighted by Crippen LogP contribution is 2.30. The highest BCUT2D eigenvalue weighted by Gasteiger charge is 2.24. The van der Waals surface area contributed by atoms with Crippen LogP contribution in [-0.2, 0) is 14.1 Å². The van der Waals surface area contributed by atoms with Crippen LogP contribution in [0.5, 0.6) is 0 Å². The lowest BCUT2D eigenvalue weighted by Gasteiger charge is -1.95. The van der Waals surface area contributed by atoms with Gasteiger partial charge in [-0.1, -0.05) is 5.16 Å². The summed E-state index contributed by atoms with van der Waals surface area (Å²) in [6.07, 6.45) is 5.13. The summed E-state index contributed by atoms with van der Waals surface area (Å²) < 4.78 is 23.4. The van der Waals surface area contributed by atoms with Crippen LogP contribution < -0.4 is 0 Å². The second-order valence-electron chi connectivity index (χ2n) is 6.75. The molecule has 1 aromatic carbocycles. The Bertz CT molecular complexity index is 1430. The van der Waals surface area contributed by atoms with E-state index in [-0.39, 0.29) is 17.5 Å². The number of aromatic nitrogens is 5. The van der Waals surface area contributed by atoms with Gasteiger partial charge in [-0.25, -0.2) is 9.37 Å². The minimum Gasteiger partial charge on any atom is -0.350 e. The summed E-state index contributed by atoms with van der Waals surface area (Å²) in [5, 5.41) is 5.28. The number of fused-ring (bicyclic) bond motifs is 2. The van der Waals surface area contributed by atoms with Crippen molar-refractivity contribution >= 4 is 43.6 Å². The van der Waals surface area contributed by atoms with Crippen LogP contribution in [0.25, 0.3) is 33.3 Å². The molecular formula is C20H13BrFN5O2. The van der Waals surface area contributed by atoms with E-state index < -0.39 is 5.78 Å². The SMILES string of the molecule is Cn1cc(-c2noc(C(=O)c3cn(C)c4ncc(Br)cc34)n2)c2cc(F)ccc21. The molecule has 0 radical (unpaired) electrons. The number of carbonyl (C=O) groups is 1. The number of carbonyl (C=O) groups excluding carboxylic acids is 1. The van der Waals surface area contributed by atoms with Crippen LogP contribution in [0.4, 0.5) is 4.39 Å². The van der Waals surface area contributed by atoms with Gasteiger partial charge in [0.1, 0.15) is 11.5 Å². The van der Waals surface area contributed by atoms with Crippen LogP contribution in [0.2, 0.25) is 0 Å². The summed E-state index contributed by atoms with van der Waals surface area (Å²) >= 11 is 3.38. The number of rotatable bonds is 3. The molecule has 0 amide bonds. The Hall–Kier alpha value is -3.33. The monoisotopic (exact) mass is 453 g/mol. The van der Waals surface area contributed by atoms with Crippen molar-refractivity contribution in [3.05, 3.63) is 64.6 Å². The zero-order chi connectivity index (χ0) is 20.3. The van der Waals surface area contributed by atoms with Crippen LogP contribution in [0, 0.1) is 5.82 Å². The third-order valence-corrected chi connectivity index (χ3v) is 5.27. The molecule has 5 aromatic rings. The summed E-state index contributed by atoms with van der Waals surface area (Å²) in [4.78, 5) is 21.7. The van der Waals surface area contributed by atoms with Gasteiger partial charge in [-0.2, -0.15) is 4.98 Å². The van der Waals surface area contributed by atoms with Gasteiger partial charge in [-0.3, -0.25) is 4.79 Å². The topological polar surface area (TPSA) is 78.7 Å². The maximum atomic E-state index is 13.7. The Morgan fingerprint density at radius 2 is 1.97 bits per heavy atom. The third kappa shape index (κ3) is 2.77. The Morgan fingerprint density at radius 1 is 1.14 bits per heavy atom. The zero-order valence-corrected chi connectivity index (χ0v) is 16.9. The van der Waals surface area contributed by atoms with Crippen molar-refractivity contribution in [1.29, 1.82) is 0 Å². The Kier molecular flexibility index (Phi) is 3.88. The molecule has 0 saturated carbocycles. The van der Waals surface area contributed by atoms with Crippen molar-refractivity contribution in [2.75, 3.05) is 0 Å². The summed E-state index contributed by atoms with van der Waals surface area (Å²) in [5.74, 6) is -0.677. The van der Waals surface area contributed by atoms with E-state index in [2.05, 4.69) is 31.1 Å². The molecule has 7 nitrogen and oxygen atoms in total. The van der Waals surface area contributed by atoms with E-state index in [4.69, 9.17) is 4.52 Å². The lowest BCUT2D eigenvalue weighted by atomic mass is 10.1. The van der Waals surface area contributed by atoms with Crippen molar-refractivity contribution in [1.82, 2.24) is 24.3 Å². The molecule has 0 spiro atoms. The van der Waals surface area contributed by atoms with Crippen LogP contribution in [-0.4, -0.2) is 30.0 Å². The van der Waals surface area contributed by atoms with Crippen molar-refractivity contribution in [3.63, 3.8) is 0 Å². The molecular weight excluding hydrogens is 441 g/mol. The lowest BCUT2D eigenvalue weighted by molar-refractivity contribution is 0.0995. The fourth-order valence-corrected chi connectivity index (χ4v) is 3.83. The van der Waals surface area contributed by atoms with E-state index in [1.165, 1.54) is 12.1 Å². The Balaban J connectivity index is 1.60. The first-order chi connectivity index (χ1) is 13.9. The van der Waals surface area contributed by atoms with Gasteiger partial charge in [-0.15, -0.1) is 0 Å². The molecule has 0 fully saturated rings. The molecule has 0 saturated heterocycles. The Labute approximate surface area is 171 Å². The van der Waals surface area contributed by atoms with E-state index in [0.29, 0.717) is 27.5 Å². The molecule has 9 heteroatoms. The molecule has 0 bridgehead atoms.